The molecular weight excluding hydrogens is 428 g/mol. The quantitative estimate of drug-likeness (QED) is 0.299. The van der Waals surface area contributed by atoms with Crippen molar-refractivity contribution in [2.75, 3.05) is 13.2 Å². The van der Waals surface area contributed by atoms with Crippen LogP contribution in [0.4, 0.5) is 0 Å². The first-order chi connectivity index (χ1) is 16.5. The van der Waals surface area contributed by atoms with Crippen LogP contribution in [0.3, 0.4) is 0 Å². The molecule has 1 amide bonds. The smallest absolute Gasteiger partial charge is 0.339 e. The summed E-state index contributed by atoms with van der Waals surface area (Å²) >= 11 is 0. The van der Waals surface area contributed by atoms with Crippen LogP contribution in [0.5, 0.6) is 0 Å². The highest BCUT2D eigenvalue weighted by molar-refractivity contribution is 6.03. The number of benzene rings is 2. The summed E-state index contributed by atoms with van der Waals surface area (Å²) in [5.41, 5.74) is 4.95. The second kappa shape index (κ2) is 10.7. The molecule has 4 aromatic rings. The number of hydrogen-bond donors (Lipinski definition) is 1. The number of carbonyl (C=O) groups is 2. The van der Waals surface area contributed by atoms with Crippen LogP contribution in [0, 0.1) is 6.92 Å². The van der Waals surface area contributed by atoms with Gasteiger partial charge in [0.05, 0.1) is 29.4 Å². The van der Waals surface area contributed by atoms with Gasteiger partial charge in [-0.25, -0.2) is 14.5 Å². The first-order valence-electron chi connectivity index (χ1n) is 11.5. The largest absolute Gasteiger partial charge is 0.460 e. The molecule has 0 aliphatic heterocycles. The van der Waals surface area contributed by atoms with Crippen molar-refractivity contribution in [3.05, 3.63) is 83.6 Å². The molecule has 0 radical (unpaired) electrons. The molecule has 0 bridgehead atoms. The third-order valence-electron chi connectivity index (χ3n) is 5.62. The molecule has 0 saturated heterocycles. The van der Waals surface area contributed by atoms with Gasteiger partial charge in [-0.15, -0.1) is 0 Å². The fourth-order valence-electron chi connectivity index (χ4n) is 3.72. The van der Waals surface area contributed by atoms with Crippen molar-refractivity contribution in [3.8, 4) is 11.3 Å². The van der Waals surface area contributed by atoms with Crippen LogP contribution in [-0.4, -0.2) is 39.8 Å². The van der Waals surface area contributed by atoms with Gasteiger partial charge in [-0.2, -0.15) is 5.10 Å². The minimum Gasteiger partial charge on any atom is -0.460 e. The Morgan fingerprint density at radius 3 is 2.56 bits per heavy atom. The van der Waals surface area contributed by atoms with Gasteiger partial charge in [0, 0.05) is 18.5 Å². The Morgan fingerprint density at radius 1 is 1.06 bits per heavy atom. The molecule has 0 atom stereocenters. The van der Waals surface area contributed by atoms with E-state index < -0.39 is 5.97 Å². The van der Waals surface area contributed by atoms with Crippen molar-refractivity contribution in [2.24, 2.45) is 0 Å². The minimum absolute atomic E-state index is 0.0708. The maximum Gasteiger partial charge on any atom is 0.339 e. The van der Waals surface area contributed by atoms with Crippen LogP contribution >= 0.6 is 0 Å². The Kier molecular flexibility index (Phi) is 7.32. The number of ether oxygens (including phenoxy) is 1. The molecule has 0 spiro atoms. The summed E-state index contributed by atoms with van der Waals surface area (Å²) in [6.45, 7) is 4.99. The molecule has 2 heterocycles. The predicted molar refractivity (Wildman–Crippen MR) is 131 cm³/mol. The number of carbonyl (C=O) groups excluding carboxylic acids is 2. The number of aromatic nitrogens is 3. The van der Waals surface area contributed by atoms with Gasteiger partial charge in [0.2, 0.25) is 5.91 Å². The second-order valence-corrected chi connectivity index (χ2v) is 8.09. The highest BCUT2D eigenvalue weighted by Crippen LogP contribution is 2.25. The average molecular weight is 457 g/mol. The first-order valence-corrected chi connectivity index (χ1v) is 11.5. The fourth-order valence-corrected chi connectivity index (χ4v) is 3.72. The summed E-state index contributed by atoms with van der Waals surface area (Å²) in [4.78, 5) is 29.8. The van der Waals surface area contributed by atoms with Crippen LogP contribution in [0.25, 0.3) is 22.3 Å². The molecule has 174 valence electrons. The van der Waals surface area contributed by atoms with Crippen molar-refractivity contribution in [2.45, 2.75) is 33.2 Å². The maximum absolute atomic E-state index is 12.9. The number of nitrogens with zero attached hydrogens (tertiary/aromatic N) is 3. The van der Waals surface area contributed by atoms with Gasteiger partial charge in [0.1, 0.15) is 6.61 Å². The van der Waals surface area contributed by atoms with Gasteiger partial charge >= 0.3 is 5.97 Å². The number of pyridine rings is 1. The molecule has 4 rings (SSSR count). The van der Waals surface area contributed by atoms with E-state index in [9.17, 15) is 9.59 Å². The molecular formula is C27H28N4O3. The topological polar surface area (TPSA) is 86.1 Å². The van der Waals surface area contributed by atoms with E-state index >= 15 is 0 Å². The Bertz CT molecular complexity index is 1280. The van der Waals surface area contributed by atoms with Crippen molar-refractivity contribution in [1.82, 2.24) is 20.1 Å². The molecule has 34 heavy (non-hydrogen) atoms. The normalized spacial score (nSPS) is 10.9. The van der Waals surface area contributed by atoms with Crippen LogP contribution in [-0.2, 0) is 22.5 Å². The minimum atomic E-state index is -0.464. The standard InChI is InChI=1S/C27H28N4O3/c1-3-31-26-23(18-29-31)22(17-24(30-26)21-7-5-4-6-8-21)27(33)34-16-15-28-25(32)14-13-20-11-9-19(2)10-12-20/h4-12,17-18H,3,13-16H2,1-2H3,(H,28,32). The summed E-state index contributed by atoms with van der Waals surface area (Å²) in [5.74, 6) is -0.535. The zero-order valence-corrected chi connectivity index (χ0v) is 19.5. The lowest BCUT2D eigenvalue weighted by atomic mass is 10.1. The highest BCUT2D eigenvalue weighted by atomic mass is 16.5. The van der Waals surface area contributed by atoms with Crippen LogP contribution in [0.1, 0.15) is 34.8 Å². The lowest BCUT2D eigenvalue weighted by Crippen LogP contribution is -2.28. The van der Waals surface area contributed by atoms with E-state index in [2.05, 4.69) is 10.4 Å². The van der Waals surface area contributed by atoms with Gasteiger partial charge in [-0.05, 0) is 31.9 Å². The molecule has 0 saturated carbocycles. The summed E-state index contributed by atoms with van der Waals surface area (Å²) in [6, 6.07) is 19.6. The Hall–Kier alpha value is -4.00. The number of rotatable bonds is 9. The Morgan fingerprint density at radius 2 is 1.82 bits per heavy atom. The zero-order chi connectivity index (χ0) is 23.9. The monoisotopic (exact) mass is 456 g/mol. The Labute approximate surface area is 198 Å². The summed E-state index contributed by atoms with van der Waals surface area (Å²) in [7, 11) is 0. The number of aryl methyl sites for hydroxylation is 3. The second-order valence-electron chi connectivity index (χ2n) is 8.09. The van der Waals surface area contributed by atoms with E-state index in [0.29, 0.717) is 41.7 Å². The van der Waals surface area contributed by atoms with E-state index in [-0.39, 0.29) is 19.1 Å². The SMILES string of the molecule is CCn1ncc2c(C(=O)OCCNC(=O)CCc3ccc(C)cc3)cc(-c3ccccc3)nc21. The summed E-state index contributed by atoms with van der Waals surface area (Å²) in [5, 5.41) is 7.81. The van der Waals surface area contributed by atoms with Gasteiger partial charge in [0.15, 0.2) is 5.65 Å². The van der Waals surface area contributed by atoms with Crippen molar-refractivity contribution in [3.63, 3.8) is 0 Å². The highest BCUT2D eigenvalue weighted by Gasteiger charge is 2.18. The molecule has 7 nitrogen and oxygen atoms in total. The number of nitrogens with one attached hydrogen (secondary N) is 1. The lowest BCUT2D eigenvalue weighted by molar-refractivity contribution is -0.121. The maximum atomic E-state index is 12.9. The molecule has 2 aromatic carbocycles. The van der Waals surface area contributed by atoms with Gasteiger partial charge in [0.25, 0.3) is 0 Å². The molecule has 7 heteroatoms. The molecule has 2 aromatic heterocycles. The summed E-state index contributed by atoms with van der Waals surface area (Å²) in [6.07, 6.45) is 2.70. The number of fused-ring (bicyclic) bond motifs is 1. The van der Waals surface area contributed by atoms with Crippen LogP contribution in [0.15, 0.2) is 66.9 Å². The fraction of sp³-hybridized carbons (Fsp3) is 0.259. The van der Waals surface area contributed by atoms with Crippen LogP contribution < -0.4 is 5.32 Å². The lowest BCUT2D eigenvalue weighted by Gasteiger charge is -2.10. The zero-order valence-electron chi connectivity index (χ0n) is 19.5. The molecule has 0 aliphatic carbocycles. The predicted octanol–water partition coefficient (Wildman–Crippen LogP) is 4.33. The number of hydrogen-bond acceptors (Lipinski definition) is 5. The van der Waals surface area contributed by atoms with Crippen molar-refractivity contribution >= 4 is 22.9 Å². The van der Waals surface area contributed by atoms with E-state index in [1.54, 1.807) is 16.9 Å². The van der Waals surface area contributed by atoms with Crippen LogP contribution in [0.2, 0.25) is 0 Å². The third-order valence-corrected chi connectivity index (χ3v) is 5.62. The van der Waals surface area contributed by atoms with E-state index in [4.69, 9.17) is 9.72 Å². The first kappa shape index (κ1) is 23.2. The van der Waals surface area contributed by atoms with E-state index in [1.165, 1.54) is 5.56 Å². The molecule has 0 fully saturated rings. The molecule has 0 aliphatic rings. The summed E-state index contributed by atoms with van der Waals surface area (Å²) < 4.78 is 7.23. The van der Waals surface area contributed by atoms with E-state index in [1.807, 2.05) is 68.4 Å². The Balaban J connectivity index is 1.37. The third kappa shape index (κ3) is 5.49. The van der Waals surface area contributed by atoms with Crippen molar-refractivity contribution < 1.29 is 14.3 Å². The number of esters is 1. The molecule has 0 unspecified atom stereocenters. The van der Waals surface area contributed by atoms with Gasteiger partial charge in [-0.3, -0.25) is 4.79 Å². The average Bonchev–Trinajstić information content (AvgIpc) is 3.29. The number of amides is 1. The van der Waals surface area contributed by atoms with Crippen molar-refractivity contribution in [1.29, 1.82) is 0 Å². The molecule has 1 N–H and O–H groups in total. The van der Waals surface area contributed by atoms with E-state index in [0.717, 1.165) is 11.1 Å². The van der Waals surface area contributed by atoms with Gasteiger partial charge < -0.3 is 10.1 Å². The van der Waals surface area contributed by atoms with Gasteiger partial charge in [-0.1, -0.05) is 60.2 Å².